The van der Waals surface area contributed by atoms with Crippen LogP contribution in [0.5, 0.6) is 0 Å². The molecule has 0 heterocycles. The number of nitrogens with two attached hydrogens (primary N) is 1. The average Bonchev–Trinajstić information content (AvgIpc) is 2.52. The third kappa shape index (κ3) is 4.03. The predicted molar refractivity (Wildman–Crippen MR) is 84.9 cm³/mol. The van der Waals surface area contributed by atoms with Crippen LogP contribution < -0.4 is 5.73 Å². The van der Waals surface area contributed by atoms with E-state index in [9.17, 15) is 0 Å². The fourth-order valence-electron chi connectivity index (χ4n) is 1.62. The summed E-state index contributed by atoms with van der Waals surface area (Å²) in [6.07, 6.45) is 3.31. The molecule has 21 heavy (non-hydrogen) atoms. The third-order valence-electron chi connectivity index (χ3n) is 2.67. The number of nitrogen functional groups attached to an aromatic ring is 1. The second-order valence-corrected chi connectivity index (χ2v) is 4.12. The first-order valence-electron chi connectivity index (χ1n) is 6.33. The molecule has 2 nitrogen and oxygen atoms in total. The minimum absolute atomic E-state index is 0.571. The molecule has 0 amide bonds. The molecular weight excluding hydrogens is 256 g/mol. The Morgan fingerprint density at radius 2 is 1.29 bits per heavy atom. The molecule has 0 saturated heterocycles. The first-order valence-corrected chi connectivity index (χ1v) is 6.33. The third-order valence-corrected chi connectivity index (χ3v) is 2.67. The SMILES string of the molecule is N#Cc1ccccc1C#CC=CC#Cc1ccccc1N. The summed E-state index contributed by atoms with van der Waals surface area (Å²) in [5.41, 5.74) is 8.52. The molecule has 2 N–H and O–H groups in total. The van der Waals surface area contributed by atoms with E-state index in [0.29, 0.717) is 16.8 Å². The molecule has 0 spiro atoms. The van der Waals surface area contributed by atoms with E-state index in [4.69, 9.17) is 11.0 Å². The second kappa shape index (κ2) is 7.25. The molecule has 2 heteroatoms. The normalized spacial score (nSPS) is 9.10. The van der Waals surface area contributed by atoms with Gasteiger partial charge in [-0.2, -0.15) is 5.26 Å². The summed E-state index contributed by atoms with van der Waals surface area (Å²) < 4.78 is 0. The molecule has 0 saturated carbocycles. The summed E-state index contributed by atoms with van der Waals surface area (Å²) in [4.78, 5) is 0. The molecule has 2 aromatic carbocycles. The number of nitriles is 1. The number of hydrogen-bond donors (Lipinski definition) is 1. The van der Waals surface area contributed by atoms with E-state index in [-0.39, 0.29) is 0 Å². The zero-order valence-electron chi connectivity index (χ0n) is 11.3. The molecule has 2 rings (SSSR count). The van der Waals surface area contributed by atoms with E-state index < -0.39 is 0 Å². The van der Waals surface area contributed by atoms with Gasteiger partial charge in [0, 0.05) is 16.8 Å². The molecule has 0 aromatic heterocycles. The number of hydrogen-bond acceptors (Lipinski definition) is 2. The summed E-state index contributed by atoms with van der Waals surface area (Å²) in [6.45, 7) is 0. The van der Waals surface area contributed by atoms with Crippen molar-refractivity contribution in [3.63, 3.8) is 0 Å². The standard InChI is InChI=1S/C19H12N2/c20-15-18-13-6-5-10-16(18)9-3-1-2-4-11-17-12-7-8-14-19(17)21/h1-2,5-8,10,12-14H,21H2. The van der Waals surface area contributed by atoms with Crippen molar-refractivity contribution in [2.75, 3.05) is 5.73 Å². The topological polar surface area (TPSA) is 49.8 Å². The van der Waals surface area contributed by atoms with Crippen LogP contribution in [0.1, 0.15) is 16.7 Å². The zero-order valence-corrected chi connectivity index (χ0v) is 11.3. The van der Waals surface area contributed by atoms with Crippen molar-refractivity contribution in [1.29, 1.82) is 5.26 Å². The van der Waals surface area contributed by atoms with E-state index in [1.54, 1.807) is 18.2 Å². The summed E-state index contributed by atoms with van der Waals surface area (Å²) in [7, 11) is 0. The van der Waals surface area contributed by atoms with Gasteiger partial charge in [0.1, 0.15) is 6.07 Å². The van der Waals surface area contributed by atoms with Gasteiger partial charge in [0.15, 0.2) is 0 Å². The van der Waals surface area contributed by atoms with E-state index in [1.165, 1.54) is 0 Å². The van der Waals surface area contributed by atoms with Crippen LogP contribution in [0.2, 0.25) is 0 Å². The van der Waals surface area contributed by atoms with E-state index in [1.807, 2.05) is 42.5 Å². The Labute approximate surface area is 124 Å². The van der Waals surface area contributed by atoms with Gasteiger partial charge < -0.3 is 5.73 Å². The summed E-state index contributed by atoms with van der Waals surface area (Å²) in [6, 6.07) is 16.8. The van der Waals surface area contributed by atoms with E-state index >= 15 is 0 Å². The molecule has 0 aliphatic carbocycles. The van der Waals surface area contributed by atoms with Crippen LogP contribution in [0, 0.1) is 35.0 Å². The van der Waals surface area contributed by atoms with Crippen LogP contribution in [0.15, 0.2) is 60.7 Å². The van der Waals surface area contributed by atoms with Crippen molar-refractivity contribution < 1.29 is 0 Å². The van der Waals surface area contributed by atoms with Crippen molar-refractivity contribution in [3.8, 4) is 29.8 Å². The lowest BCUT2D eigenvalue weighted by Gasteiger charge is -1.93. The lowest BCUT2D eigenvalue weighted by molar-refractivity contribution is 1.47. The highest BCUT2D eigenvalue weighted by atomic mass is 14.5. The van der Waals surface area contributed by atoms with Crippen molar-refractivity contribution in [3.05, 3.63) is 77.4 Å². The quantitative estimate of drug-likeness (QED) is 0.589. The Kier molecular flexibility index (Phi) is 4.83. The van der Waals surface area contributed by atoms with Gasteiger partial charge in [-0.05, 0) is 36.4 Å². The van der Waals surface area contributed by atoms with Crippen LogP contribution in [0.25, 0.3) is 0 Å². The van der Waals surface area contributed by atoms with Crippen molar-refractivity contribution in [1.82, 2.24) is 0 Å². The Bertz CT molecular complexity index is 831. The highest BCUT2D eigenvalue weighted by molar-refractivity contribution is 5.56. The minimum atomic E-state index is 0.571. The molecule has 0 aliphatic heterocycles. The molecule has 2 aromatic rings. The maximum absolute atomic E-state index is 8.94. The fraction of sp³-hybridized carbons (Fsp3) is 0. The van der Waals surface area contributed by atoms with Gasteiger partial charge in [-0.1, -0.05) is 47.9 Å². The maximum atomic E-state index is 8.94. The van der Waals surface area contributed by atoms with Gasteiger partial charge in [-0.3, -0.25) is 0 Å². The monoisotopic (exact) mass is 268 g/mol. The van der Waals surface area contributed by atoms with Gasteiger partial charge in [-0.25, -0.2) is 0 Å². The maximum Gasteiger partial charge on any atom is 0.100 e. The molecule has 0 fully saturated rings. The van der Waals surface area contributed by atoms with E-state index in [2.05, 4.69) is 29.8 Å². The molecular formula is C19H12N2. The van der Waals surface area contributed by atoms with E-state index in [0.717, 1.165) is 5.56 Å². The Morgan fingerprint density at radius 3 is 1.90 bits per heavy atom. The van der Waals surface area contributed by atoms with Crippen molar-refractivity contribution >= 4 is 5.69 Å². The number of allylic oxidation sites excluding steroid dienone is 2. The summed E-state index contributed by atoms with van der Waals surface area (Å²) >= 11 is 0. The number of rotatable bonds is 0. The number of benzene rings is 2. The van der Waals surface area contributed by atoms with Crippen molar-refractivity contribution in [2.45, 2.75) is 0 Å². The number of anilines is 1. The summed E-state index contributed by atoms with van der Waals surface area (Å²) in [5.74, 6) is 11.6. The van der Waals surface area contributed by atoms with Gasteiger partial charge in [-0.15, -0.1) is 0 Å². The predicted octanol–water partition coefficient (Wildman–Crippen LogP) is 3.10. The van der Waals surface area contributed by atoms with Gasteiger partial charge in [0.05, 0.1) is 5.56 Å². The highest BCUT2D eigenvalue weighted by Gasteiger charge is 1.94. The van der Waals surface area contributed by atoms with Crippen LogP contribution >= 0.6 is 0 Å². The zero-order chi connectivity index (χ0) is 14.9. The molecule has 0 atom stereocenters. The Balaban J connectivity index is 2.07. The van der Waals surface area contributed by atoms with Gasteiger partial charge >= 0.3 is 0 Å². The molecule has 98 valence electrons. The minimum Gasteiger partial charge on any atom is -0.398 e. The average molecular weight is 268 g/mol. The largest absolute Gasteiger partial charge is 0.398 e. The van der Waals surface area contributed by atoms with Crippen molar-refractivity contribution in [2.24, 2.45) is 0 Å². The highest BCUT2D eigenvalue weighted by Crippen LogP contribution is 2.07. The Morgan fingerprint density at radius 1 is 0.762 bits per heavy atom. The lowest BCUT2D eigenvalue weighted by atomic mass is 10.1. The smallest absolute Gasteiger partial charge is 0.100 e. The first-order chi connectivity index (χ1) is 10.3. The molecule has 0 aliphatic rings. The number of para-hydroxylation sites is 1. The van der Waals surface area contributed by atoms with Crippen LogP contribution in [-0.4, -0.2) is 0 Å². The van der Waals surface area contributed by atoms with Gasteiger partial charge in [0.2, 0.25) is 0 Å². The van der Waals surface area contributed by atoms with Crippen LogP contribution in [0.4, 0.5) is 5.69 Å². The molecule has 0 bridgehead atoms. The van der Waals surface area contributed by atoms with Gasteiger partial charge in [0.25, 0.3) is 0 Å². The van der Waals surface area contributed by atoms with Crippen LogP contribution in [-0.2, 0) is 0 Å². The lowest BCUT2D eigenvalue weighted by Crippen LogP contribution is -1.87. The Hall–Kier alpha value is -3.41. The molecule has 0 unspecified atom stereocenters. The number of nitrogens with zero attached hydrogens (tertiary/aromatic N) is 1. The van der Waals surface area contributed by atoms with Crippen LogP contribution in [0.3, 0.4) is 0 Å². The first kappa shape index (κ1) is 14.0. The summed E-state index contributed by atoms with van der Waals surface area (Å²) in [5, 5.41) is 8.94. The second-order valence-electron chi connectivity index (χ2n) is 4.12. The molecule has 0 radical (unpaired) electrons. The fourth-order valence-corrected chi connectivity index (χ4v) is 1.62.